The van der Waals surface area contributed by atoms with Crippen LogP contribution in [0, 0.1) is 11.8 Å². The first-order valence-electron chi connectivity index (χ1n) is 8.66. The number of unbranched alkanes of at least 4 members (excludes halogenated alkanes) is 3. The molecule has 0 aliphatic carbocycles. The van der Waals surface area contributed by atoms with Crippen molar-refractivity contribution in [2.75, 3.05) is 6.54 Å². The molecule has 0 fully saturated rings. The zero-order valence-electron chi connectivity index (χ0n) is 15.2. The van der Waals surface area contributed by atoms with Crippen molar-refractivity contribution in [1.29, 1.82) is 0 Å². The summed E-state index contributed by atoms with van der Waals surface area (Å²) in [6.07, 6.45) is 4.56. The van der Waals surface area contributed by atoms with Gasteiger partial charge in [-0.3, -0.25) is 14.4 Å². The minimum atomic E-state index is -1.12. The van der Waals surface area contributed by atoms with Gasteiger partial charge in [0.05, 0.1) is 5.92 Å². The Balaban J connectivity index is 4.85. The third-order valence-electron chi connectivity index (χ3n) is 4.02. The predicted octanol–water partition coefficient (Wildman–Crippen LogP) is 1.69. The monoisotopic (exact) mass is 344 g/mol. The van der Waals surface area contributed by atoms with Crippen LogP contribution < -0.4 is 11.1 Å². The highest BCUT2D eigenvalue weighted by molar-refractivity contribution is 5.83. The number of rotatable bonds is 12. The average Bonchev–Trinajstić information content (AvgIpc) is 2.52. The first kappa shape index (κ1) is 22.4. The van der Waals surface area contributed by atoms with Crippen molar-refractivity contribution < 1.29 is 24.2 Å². The Hall–Kier alpha value is -1.63. The molecule has 4 atom stereocenters. The summed E-state index contributed by atoms with van der Waals surface area (Å²) in [4.78, 5) is 34.6. The van der Waals surface area contributed by atoms with E-state index in [4.69, 9.17) is 15.6 Å². The molecule has 0 rings (SSSR count). The standard InChI is InChI=1S/C17H32N2O5/c1-5-6-7-8-9-11(2)15(24-17(23)13(4)18)12(3)16(22)19-10-14(20)21/h11-13,15H,5-10,18H2,1-4H3,(H,19,22)(H,20,21)/t11-,12+,13?,15+/m0/s1. The van der Waals surface area contributed by atoms with Crippen LogP contribution in [-0.2, 0) is 19.1 Å². The molecule has 1 amide bonds. The Morgan fingerprint density at radius 3 is 2.25 bits per heavy atom. The Morgan fingerprint density at radius 1 is 1.12 bits per heavy atom. The van der Waals surface area contributed by atoms with Gasteiger partial charge in [-0.05, 0) is 19.3 Å². The second-order valence-corrected chi connectivity index (χ2v) is 6.42. The highest BCUT2D eigenvalue weighted by Crippen LogP contribution is 2.23. The molecule has 7 nitrogen and oxygen atoms in total. The van der Waals surface area contributed by atoms with Gasteiger partial charge in [-0.2, -0.15) is 0 Å². The van der Waals surface area contributed by atoms with Crippen molar-refractivity contribution in [3.63, 3.8) is 0 Å². The van der Waals surface area contributed by atoms with Crippen molar-refractivity contribution in [3.8, 4) is 0 Å². The number of carbonyl (C=O) groups is 3. The van der Waals surface area contributed by atoms with Crippen molar-refractivity contribution in [2.24, 2.45) is 17.6 Å². The molecular formula is C17H32N2O5. The molecule has 140 valence electrons. The lowest BCUT2D eigenvalue weighted by molar-refractivity contribution is -0.158. The summed E-state index contributed by atoms with van der Waals surface area (Å²) in [6.45, 7) is 6.78. The van der Waals surface area contributed by atoms with Gasteiger partial charge in [0, 0.05) is 0 Å². The van der Waals surface area contributed by atoms with Crippen LogP contribution in [0.1, 0.15) is 59.8 Å². The molecule has 0 aliphatic rings. The van der Waals surface area contributed by atoms with Gasteiger partial charge in [0.25, 0.3) is 0 Å². The molecule has 7 heteroatoms. The molecule has 24 heavy (non-hydrogen) atoms. The van der Waals surface area contributed by atoms with Crippen molar-refractivity contribution >= 4 is 17.8 Å². The second-order valence-electron chi connectivity index (χ2n) is 6.42. The molecule has 1 unspecified atom stereocenters. The largest absolute Gasteiger partial charge is 0.480 e. The number of carbonyl (C=O) groups excluding carboxylic acids is 2. The maximum atomic E-state index is 12.1. The van der Waals surface area contributed by atoms with Gasteiger partial charge >= 0.3 is 11.9 Å². The summed E-state index contributed by atoms with van der Waals surface area (Å²) in [5, 5.41) is 11.0. The van der Waals surface area contributed by atoms with E-state index < -0.39 is 42.5 Å². The van der Waals surface area contributed by atoms with Crippen LogP contribution in [0.5, 0.6) is 0 Å². The molecule has 0 saturated heterocycles. The summed E-state index contributed by atoms with van der Waals surface area (Å²) in [5.74, 6) is -2.78. The van der Waals surface area contributed by atoms with Gasteiger partial charge in [-0.15, -0.1) is 0 Å². The maximum Gasteiger partial charge on any atom is 0.322 e. The van der Waals surface area contributed by atoms with E-state index in [2.05, 4.69) is 12.2 Å². The molecule has 0 radical (unpaired) electrons. The van der Waals surface area contributed by atoms with E-state index in [1.807, 2.05) is 6.92 Å². The van der Waals surface area contributed by atoms with Crippen molar-refractivity contribution in [1.82, 2.24) is 5.32 Å². The minimum absolute atomic E-state index is 0.0184. The van der Waals surface area contributed by atoms with E-state index in [9.17, 15) is 14.4 Å². The van der Waals surface area contributed by atoms with E-state index in [0.29, 0.717) is 0 Å². The van der Waals surface area contributed by atoms with E-state index in [1.165, 1.54) is 6.92 Å². The van der Waals surface area contributed by atoms with E-state index >= 15 is 0 Å². The Bertz CT molecular complexity index is 412. The molecule has 0 saturated carbocycles. The smallest absolute Gasteiger partial charge is 0.322 e. The quantitative estimate of drug-likeness (QED) is 0.366. The number of hydrogen-bond donors (Lipinski definition) is 3. The van der Waals surface area contributed by atoms with E-state index in [1.54, 1.807) is 6.92 Å². The van der Waals surface area contributed by atoms with Crippen molar-refractivity contribution in [3.05, 3.63) is 0 Å². The fraction of sp³-hybridized carbons (Fsp3) is 0.824. The van der Waals surface area contributed by atoms with Gasteiger partial charge in [0.2, 0.25) is 5.91 Å². The number of carboxylic acids is 1. The first-order valence-corrected chi connectivity index (χ1v) is 8.66. The summed E-state index contributed by atoms with van der Waals surface area (Å²) < 4.78 is 5.45. The van der Waals surface area contributed by atoms with Crippen LogP contribution in [0.4, 0.5) is 0 Å². The summed E-state index contributed by atoms with van der Waals surface area (Å²) in [5.41, 5.74) is 5.55. The van der Waals surface area contributed by atoms with Crippen LogP contribution >= 0.6 is 0 Å². The number of nitrogens with one attached hydrogen (secondary N) is 1. The fourth-order valence-corrected chi connectivity index (χ4v) is 2.48. The lowest BCUT2D eigenvalue weighted by atomic mass is 9.88. The number of nitrogens with two attached hydrogens (primary N) is 1. The van der Waals surface area contributed by atoms with Crippen LogP contribution in [-0.4, -0.2) is 41.6 Å². The molecule has 4 N–H and O–H groups in total. The maximum absolute atomic E-state index is 12.1. The highest BCUT2D eigenvalue weighted by atomic mass is 16.5. The highest BCUT2D eigenvalue weighted by Gasteiger charge is 2.32. The molecule has 0 heterocycles. The van der Waals surface area contributed by atoms with Gasteiger partial charge in [-0.1, -0.05) is 46.5 Å². The van der Waals surface area contributed by atoms with Crippen LogP contribution in [0.25, 0.3) is 0 Å². The zero-order chi connectivity index (χ0) is 18.7. The molecule has 0 bridgehead atoms. The number of amides is 1. The van der Waals surface area contributed by atoms with Gasteiger partial charge in [0.15, 0.2) is 0 Å². The SMILES string of the molecule is CCCCCC[C@H](C)[C@@H](OC(=O)C(C)N)[C@@H](C)C(=O)NCC(=O)O. The minimum Gasteiger partial charge on any atom is -0.480 e. The Kier molecular flexibility index (Phi) is 11.0. The zero-order valence-corrected chi connectivity index (χ0v) is 15.2. The lowest BCUT2D eigenvalue weighted by Gasteiger charge is -2.29. The number of hydrogen-bond acceptors (Lipinski definition) is 5. The molecule has 0 aromatic heterocycles. The number of carboxylic acid groups (broad SMARTS) is 1. The molecule has 0 aliphatic heterocycles. The summed E-state index contributed by atoms with van der Waals surface area (Å²) in [6, 6.07) is -0.769. The summed E-state index contributed by atoms with van der Waals surface area (Å²) >= 11 is 0. The number of ether oxygens (including phenoxy) is 1. The van der Waals surface area contributed by atoms with Crippen molar-refractivity contribution in [2.45, 2.75) is 71.9 Å². The third-order valence-corrected chi connectivity index (χ3v) is 4.02. The fourth-order valence-electron chi connectivity index (χ4n) is 2.48. The molecular weight excluding hydrogens is 312 g/mol. The topological polar surface area (TPSA) is 119 Å². The molecule has 0 aromatic rings. The predicted molar refractivity (Wildman–Crippen MR) is 91.3 cm³/mol. The van der Waals surface area contributed by atoms with Gasteiger partial charge in [-0.25, -0.2) is 0 Å². The first-order chi connectivity index (χ1) is 11.2. The average molecular weight is 344 g/mol. The Labute approximate surface area is 144 Å². The van der Waals surface area contributed by atoms with Crippen LogP contribution in [0.2, 0.25) is 0 Å². The van der Waals surface area contributed by atoms with Crippen LogP contribution in [0.3, 0.4) is 0 Å². The summed E-state index contributed by atoms with van der Waals surface area (Å²) in [7, 11) is 0. The van der Waals surface area contributed by atoms with Gasteiger partial charge < -0.3 is 20.9 Å². The van der Waals surface area contributed by atoms with Gasteiger partial charge in [0.1, 0.15) is 18.7 Å². The lowest BCUT2D eigenvalue weighted by Crippen LogP contribution is -2.44. The second kappa shape index (κ2) is 11.8. The van der Waals surface area contributed by atoms with E-state index in [-0.39, 0.29) is 5.92 Å². The number of esters is 1. The number of aliphatic carboxylic acids is 1. The van der Waals surface area contributed by atoms with Crippen LogP contribution in [0.15, 0.2) is 0 Å². The molecule has 0 spiro atoms. The molecule has 0 aromatic carbocycles. The normalized spacial score (nSPS) is 15.9. The van der Waals surface area contributed by atoms with E-state index in [0.717, 1.165) is 32.1 Å². The Morgan fingerprint density at radius 2 is 1.75 bits per heavy atom. The third kappa shape index (κ3) is 8.86.